The smallest absolute Gasteiger partial charge is 0.0380 e. The molecule has 15 heavy (non-hydrogen) atoms. The molecule has 1 N–H and O–H groups in total. The van der Waals surface area contributed by atoms with Crippen molar-refractivity contribution in [3.8, 4) is 0 Å². The highest BCUT2D eigenvalue weighted by Gasteiger charge is 2.37. The van der Waals surface area contributed by atoms with E-state index in [-0.39, 0.29) is 0 Å². The van der Waals surface area contributed by atoms with Gasteiger partial charge < -0.3 is 5.32 Å². The van der Waals surface area contributed by atoms with E-state index in [4.69, 9.17) is 0 Å². The molecule has 2 bridgehead atoms. The van der Waals surface area contributed by atoms with E-state index in [1.807, 2.05) is 0 Å². The lowest BCUT2D eigenvalue weighted by Crippen LogP contribution is -2.67. The second-order valence-electron chi connectivity index (χ2n) is 5.10. The second-order valence-corrected chi connectivity index (χ2v) is 5.10. The van der Waals surface area contributed by atoms with Crippen molar-refractivity contribution in [3.63, 3.8) is 0 Å². The van der Waals surface area contributed by atoms with Gasteiger partial charge in [-0.3, -0.25) is 9.80 Å². The molecular formula is C12H25N3. The molecule has 3 fully saturated rings. The Morgan fingerprint density at radius 3 is 2.33 bits per heavy atom. The summed E-state index contributed by atoms with van der Waals surface area (Å²) in [7, 11) is 2.12. The highest BCUT2D eigenvalue weighted by Crippen LogP contribution is 2.22. The van der Waals surface area contributed by atoms with E-state index in [2.05, 4.69) is 36.0 Å². The summed E-state index contributed by atoms with van der Waals surface area (Å²) < 4.78 is 0. The van der Waals surface area contributed by atoms with Gasteiger partial charge in [0.1, 0.15) is 0 Å². The molecule has 3 heteroatoms. The minimum absolute atomic E-state index is 0.665. The molecule has 88 valence electrons. The number of rotatable bonds is 4. The predicted molar refractivity (Wildman–Crippen MR) is 64.1 cm³/mol. The Bertz CT molecular complexity index is 199. The summed E-state index contributed by atoms with van der Waals surface area (Å²) in [5, 5.41) is 3.54. The summed E-state index contributed by atoms with van der Waals surface area (Å²) in [6.07, 6.45) is 1.27. The quantitative estimate of drug-likeness (QED) is 0.735. The molecule has 3 nitrogen and oxygen atoms in total. The van der Waals surface area contributed by atoms with E-state index < -0.39 is 0 Å². The number of fused-ring (bicyclic) bond motifs is 3. The molecule has 3 atom stereocenters. The fourth-order valence-electron chi connectivity index (χ4n) is 3.11. The van der Waals surface area contributed by atoms with Crippen molar-refractivity contribution in [3.05, 3.63) is 0 Å². The van der Waals surface area contributed by atoms with Crippen LogP contribution in [0.2, 0.25) is 0 Å². The lowest BCUT2D eigenvalue weighted by molar-refractivity contribution is -0.0108. The van der Waals surface area contributed by atoms with Crippen LogP contribution in [0, 0.1) is 5.92 Å². The average molecular weight is 211 g/mol. The van der Waals surface area contributed by atoms with Crippen molar-refractivity contribution in [2.24, 2.45) is 5.92 Å². The molecule has 0 radical (unpaired) electrons. The third-order valence-corrected chi connectivity index (χ3v) is 4.33. The molecule has 3 unspecified atom stereocenters. The maximum absolute atomic E-state index is 3.54. The van der Waals surface area contributed by atoms with Crippen LogP contribution in [-0.2, 0) is 0 Å². The second kappa shape index (κ2) is 4.81. The molecule has 0 aromatic rings. The van der Waals surface area contributed by atoms with Crippen LogP contribution in [-0.4, -0.2) is 61.7 Å². The fourth-order valence-corrected chi connectivity index (χ4v) is 3.11. The fraction of sp³-hybridized carbons (Fsp3) is 1.00. The maximum Gasteiger partial charge on any atom is 0.0380 e. The van der Waals surface area contributed by atoms with E-state index >= 15 is 0 Å². The third kappa shape index (κ3) is 2.19. The number of hydrogen-bond acceptors (Lipinski definition) is 3. The van der Waals surface area contributed by atoms with Crippen LogP contribution in [0.1, 0.15) is 20.3 Å². The standard InChI is InChI=1S/C12H25N3/c1-4-10(2)12(13-3)11-9-14-5-7-15(11)8-6-14/h10-13H,4-9H2,1-3H3. The molecule has 0 amide bonds. The van der Waals surface area contributed by atoms with E-state index in [0.717, 1.165) is 12.0 Å². The van der Waals surface area contributed by atoms with Gasteiger partial charge in [-0.1, -0.05) is 20.3 Å². The summed E-state index contributed by atoms with van der Waals surface area (Å²) in [6, 6.07) is 1.41. The van der Waals surface area contributed by atoms with Crippen LogP contribution in [0.15, 0.2) is 0 Å². The van der Waals surface area contributed by atoms with Crippen molar-refractivity contribution in [2.75, 3.05) is 39.8 Å². The molecule has 3 rings (SSSR count). The Hall–Kier alpha value is -0.120. The van der Waals surface area contributed by atoms with Crippen molar-refractivity contribution in [1.29, 1.82) is 0 Å². The number of nitrogens with zero attached hydrogens (tertiary/aromatic N) is 2. The van der Waals surface area contributed by atoms with Crippen LogP contribution in [0.25, 0.3) is 0 Å². The van der Waals surface area contributed by atoms with E-state index in [9.17, 15) is 0 Å². The number of hydrogen-bond donors (Lipinski definition) is 1. The first-order valence-corrected chi connectivity index (χ1v) is 6.40. The summed E-state index contributed by atoms with van der Waals surface area (Å²) in [4.78, 5) is 5.31. The first-order valence-electron chi connectivity index (χ1n) is 6.40. The SMILES string of the molecule is CCC(C)C(NC)C1CN2CCN1CC2. The Morgan fingerprint density at radius 2 is 1.93 bits per heavy atom. The largest absolute Gasteiger partial charge is 0.315 e. The summed E-state index contributed by atoms with van der Waals surface area (Å²) >= 11 is 0. The zero-order valence-electron chi connectivity index (χ0n) is 10.4. The Kier molecular flexibility index (Phi) is 3.65. The van der Waals surface area contributed by atoms with Gasteiger partial charge in [-0.05, 0) is 13.0 Å². The van der Waals surface area contributed by atoms with E-state index in [1.165, 1.54) is 39.1 Å². The third-order valence-electron chi connectivity index (χ3n) is 4.33. The minimum atomic E-state index is 0.665. The van der Waals surface area contributed by atoms with Gasteiger partial charge in [0.15, 0.2) is 0 Å². The molecule has 3 aliphatic rings. The van der Waals surface area contributed by atoms with Crippen molar-refractivity contribution in [2.45, 2.75) is 32.4 Å². The van der Waals surface area contributed by atoms with Gasteiger partial charge in [-0.2, -0.15) is 0 Å². The van der Waals surface area contributed by atoms with Gasteiger partial charge in [0.05, 0.1) is 0 Å². The minimum Gasteiger partial charge on any atom is -0.315 e. The van der Waals surface area contributed by atoms with Crippen molar-refractivity contribution < 1.29 is 0 Å². The first-order chi connectivity index (χ1) is 7.26. The number of likely N-dealkylation sites (N-methyl/N-ethyl adjacent to an activating group) is 1. The first kappa shape index (κ1) is 11.4. The Morgan fingerprint density at radius 1 is 1.27 bits per heavy atom. The van der Waals surface area contributed by atoms with Crippen molar-refractivity contribution >= 4 is 0 Å². The molecule has 0 aliphatic carbocycles. The van der Waals surface area contributed by atoms with Crippen LogP contribution >= 0.6 is 0 Å². The zero-order valence-corrected chi connectivity index (χ0v) is 10.4. The zero-order chi connectivity index (χ0) is 10.8. The van der Waals surface area contributed by atoms with Crippen LogP contribution in [0.5, 0.6) is 0 Å². The van der Waals surface area contributed by atoms with Crippen LogP contribution < -0.4 is 5.32 Å². The van der Waals surface area contributed by atoms with E-state index in [1.54, 1.807) is 0 Å². The van der Waals surface area contributed by atoms with Crippen LogP contribution in [0.4, 0.5) is 0 Å². The highest BCUT2D eigenvalue weighted by atomic mass is 15.4. The lowest BCUT2D eigenvalue weighted by atomic mass is 9.89. The topological polar surface area (TPSA) is 18.5 Å². The molecule has 3 heterocycles. The summed E-state index contributed by atoms with van der Waals surface area (Å²) in [5.74, 6) is 0.778. The molecule has 0 spiro atoms. The summed E-state index contributed by atoms with van der Waals surface area (Å²) in [5.41, 5.74) is 0. The Labute approximate surface area is 93.8 Å². The van der Waals surface area contributed by atoms with Crippen LogP contribution in [0.3, 0.4) is 0 Å². The molecule has 3 saturated heterocycles. The lowest BCUT2D eigenvalue weighted by Gasteiger charge is -2.51. The Balaban J connectivity index is 2.01. The highest BCUT2D eigenvalue weighted by molar-refractivity contribution is 4.95. The van der Waals surface area contributed by atoms with Gasteiger partial charge in [0.2, 0.25) is 0 Å². The number of nitrogens with one attached hydrogen (secondary N) is 1. The van der Waals surface area contributed by atoms with Gasteiger partial charge in [0.25, 0.3) is 0 Å². The molecular weight excluding hydrogens is 186 g/mol. The van der Waals surface area contributed by atoms with E-state index in [0.29, 0.717) is 6.04 Å². The summed E-state index contributed by atoms with van der Waals surface area (Å²) in [6.45, 7) is 11.1. The maximum atomic E-state index is 3.54. The van der Waals surface area contributed by atoms with Gasteiger partial charge >= 0.3 is 0 Å². The van der Waals surface area contributed by atoms with Gasteiger partial charge in [-0.25, -0.2) is 0 Å². The molecule has 3 aliphatic heterocycles. The predicted octanol–water partition coefficient (Wildman–Crippen LogP) is 0.620. The van der Waals surface area contributed by atoms with Gasteiger partial charge in [-0.15, -0.1) is 0 Å². The number of piperazine rings is 3. The average Bonchev–Trinajstić information content (AvgIpc) is 2.31. The molecule has 0 aromatic carbocycles. The normalized spacial score (nSPS) is 39.0. The molecule has 0 saturated carbocycles. The molecule has 0 aromatic heterocycles. The monoisotopic (exact) mass is 211 g/mol. The van der Waals surface area contributed by atoms with Crippen molar-refractivity contribution in [1.82, 2.24) is 15.1 Å². The van der Waals surface area contributed by atoms with Gasteiger partial charge in [0, 0.05) is 44.8 Å².